The van der Waals surface area contributed by atoms with Crippen molar-refractivity contribution >= 4 is 22.6 Å². The summed E-state index contributed by atoms with van der Waals surface area (Å²) < 4.78 is 5.20. The maximum atomic E-state index is 5.20. The van der Waals surface area contributed by atoms with Crippen molar-refractivity contribution in [2.75, 3.05) is 5.32 Å². The molecule has 1 N–H and O–H groups in total. The van der Waals surface area contributed by atoms with E-state index in [9.17, 15) is 0 Å². The highest BCUT2D eigenvalue weighted by atomic mass is 16.5. The molecular weight excluding hydrogens is 240 g/mol. The summed E-state index contributed by atoms with van der Waals surface area (Å²) in [5.74, 6) is 0.730. The topological polar surface area (TPSA) is 63.8 Å². The van der Waals surface area contributed by atoms with Gasteiger partial charge >= 0.3 is 0 Å². The van der Waals surface area contributed by atoms with Crippen LogP contribution in [0.15, 0.2) is 35.1 Å². The van der Waals surface area contributed by atoms with E-state index in [0.717, 1.165) is 29.0 Å². The van der Waals surface area contributed by atoms with E-state index >= 15 is 0 Å². The highest BCUT2D eigenvalue weighted by molar-refractivity contribution is 5.89. The zero-order valence-electron chi connectivity index (χ0n) is 10.8. The van der Waals surface area contributed by atoms with Gasteiger partial charge in [0.15, 0.2) is 0 Å². The molecule has 3 aromatic rings. The third-order valence-electron chi connectivity index (χ3n) is 2.96. The number of benzene rings is 1. The minimum absolute atomic E-state index is 0.516. The van der Waals surface area contributed by atoms with Gasteiger partial charge in [-0.05, 0) is 31.0 Å². The molecule has 5 nitrogen and oxygen atoms in total. The Hall–Kier alpha value is -2.43. The molecule has 0 unspecified atom stereocenters. The molecule has 0 aliphatic carbocycles. The highest BCUT2D eigenvalue weighted by Crippen LogP contribution is 2.26. The Morgan fingerprint density at radius 3 is 2.95 bits per heavy atom. The Bertz CT molecular complexity index is 720. The fourth-order valence-electron chi connectivity index (χ4n) is 2.04. The van der Waals surface area contributed by atoms with Crippen LogP contribution in [0.5, 0.6) is 0 Å². The van der Waals surface area contributed by atoms with Gasteiger partial charge in [-0.25, -0.2) is 4.98 Å². The number of aryl methyl sites for hydroxylation is 2. The van der Waals surface area contributed by atoms with Crippen LogP contribution >= 0.6 is 0 Å². The summed E-state index contributed by atoms with van der Waals surface area (Å²) in [4.78, 5) is 8.38. The van der Waals surface area contributed by atoms with Gasteiger partial charge in [-0.15, -0.1) is 0 Å². The van der Waals surface area contributed by atoms with E-state index in [-0.39, 0.29) is 0 Å². The first kappa shape index (κ1) is 11.6. The zero-order chi connectivity index (χ0) is 13.2. The largest absolute Gasteiger partial charge is 0.339 e. The summed E-state index contributed by atoms with van der Waals surface area (Å²) in [6.45, 7) is 4.08. The average molecular weight is 254 g/mol. The fourth-order valence-corrected chi connectivity index (χ4v) is 2.04. The SMILES string of the molecule is CCc1noc2ncnc(Nc3cccc(C)c3)c12. The average Bonchev–Trinajstić information content (AvgIpc) is 2.83. The number of fused-ring (bicyclic) bond motifs is 1. The number of rotatable bonds is 3. The monoisotopic (exact) mass is 254 g/mol. The Balaban J connectivity index is 2.07. The summed E-state index contributed by atoms with van der Waals surface area (Å²) in [7, 11) is 0. The molecule has 19 heavy (non-hydrogen) atoms. The number of hydrogen-bond donors (Lipinski definition) is 1. The van der Waals surface area contributed by atoms with Crippen molar-refractivity contribution < 1.29 is 4.52 Å². The highest BCUT2D eigenvalue weighted by Gasteiger charge is 2.13. The maximum absolute atomic E-state index is 5.20. The van der Waals surface area contributed by atoms with E-state index in [0.29, 0.717) is 5.71 Å². The van der Waals surface area contributed by atoms with Crippen molar-refractivity contribution in [2.45, 2.75) is 20.3 Å². The van der Waals surface area contributed by atoms with E-state index in [1.807, 2.05) is 19.1 Å². The van der Waals surface area contributed by atoms with E-state index in [1.54, 1.807) is 0 Å². The van der Waals surface area contributed by atoms with Crippen molar-refractivity contribution in [3.05, 3.63) is 41.9 Å². The molecule has 0 fully saturated rings. The summed E-state index contributed by atoms with van der Waals surface area (Å²) in [5, 5.41) is 8.17. The smallest absolute Gasteiger partial charge is 0.263 e. The lowest BCUT2D eigenvalue weighted by Crippen LogP contribution is -1.96. The number of hydrogen-bond acceptors (Lipinski definition) is 5. The second-order valence-corrected chi connectivity index (χ2v) is 4.38. The number of nitrogens with zero attached hydrogens (tertiary/aromatic N) is 3. The fraction of sp³-hybridized carbons (Fsp3) is 0.214. The minimum atomic E-state index is 0.516. The molecule has 0 aliphatic heterocycles. The van der Waals surface area contributed by atoms with Crippen LogP contribution in [0.1, 0.15) is 18.2 Å². The van der Waals surface area contributed by atoms with Gasteiger partial charge in [-0.1, -0.05) is 24.2 Å². The molecule has 0 saturated carbocycles. The first-order chi connectivity index (χ1) is 9.28. The number of nitrogens with one attached hydrogen (secondary N) is 1. The molecule has 96 valence electrons. The molecule has 0 radical (unpaired) electrons. The molecule has 3 rings (SSSR count). The third-order valence-corrected chi connectivity index (χ3v) is 2.96. The van der Waals surface area contributed by atoms with Crippen LogP contribution in [0.2, 0.25) is 0 Å². The Labute approximate surface area is 110 Å². The van der Waals surface area contributed by atoms with Gasteiger partial charge in [-0.3, -0.25) is 0 Å². The molecule has 0 atom stereocenters. The van der Waals surface area contributed by atoms with Gasteiger partial charge in [0, 0.05) is 5.69 Å². The predicted octanol–water partition coefficient (Wildman–Crippen LogP) is 3.23. The van der Waals surface area contributed by atoms with Crippen LogP contribution in [0.25, 0.3) is 11.1 Å². The van der Waals surface area contributed by atoms with Gasteiger partial charge < -0.3 is 9.84 Å². The summed E-state index contributed by atoms with van der Waals surface area (Å²) in [6.07, 6.45) is 2.26. The normalized spacial score (nSPS) is 10.8. The minimum Gasteiger partial charge on any atom is -0.339 e. The van der Waals surface area contributed by atoms with Gasteiger partial charge in [-0.2, -0.15) is 4.98 Å². The first-order valence-electron chi connectivity index (χ1n) is 6.21. The molecule has 0 aliphatic rings. The summed E-state index contributed by atoms with van der Waals surface area (Å²) in [6, 6.07) is 8.12. The summed E-state index contributed by atoms with van der Waals surface area (Å²) in [5.41, 5.74) is 3.56. The van der Waals surface area contributed by atoms with Crippen LogP contribution in [-0.2, 0) is 6.42 Å². The second kappa shape index (κ2) is 4.68. The quantitative estimate of drug-likeness (QED) is 0.777. The lowest BCUT2D eigenvalue weighted by Gasteiger charge is -2.06. The van der Waals surface area contributed by atoms with Gasteiger partial charge in [0.1, 0.15) is 17.5 Å². The zero-order valence-corrected chi connectivity index (χ0v) is 10.8. The Morgan fingerprint density at radius 2 is 2.16 bits per heavy atom. The van der Waals surface area contributed by atoms with Crippen molar-refractivity contribution in [3.63, 3.8) is 0 Å². The molecule has 0 amide bonds. The lowest BCUT2D eigenvalue weighted by atomic mass is 10.2. The lowest BCUT2D eigenvalue weighted by molar-refractivity contribution is 0.439. The molecule has 0 bridgehead atoms. The molecule has 0 saturated heterocycles. The van der Waals surface area contributed by atoms with Crippen LogP contribution in [0.3, 0.4) is 0 Å². The molecular formula is C14H14N4O. The Kier molecular flexibility index (Phi) is 2.87. The van der Waals surface area contributed by atoms with E-state index in [4.69, 9.17) is 4.52 Å². The molecule has 5 heteroatoms. The number of anilines is 2. The van der Waals surface area contributed by atoms with Crippen LogP contribution in [0.4, 0.5) is 11.5 Å². The third kappa shape index (κ3) is 2.14. The van der Waals surface area contributed by atoms with Crippen LogP contribution in [0, 0.1) is 6.92 Å². The molecule has 2 heterocycles. The number of aromatic nitrogens is 3. The maximum Gasteiger partial charge on any atom is 0.263 e. The predicted molar refractivity (Wildman–Crippen MR) is 73.4 cm³/mol. The van der Waals surface area contributed by atoms with E-state index in [2.05, 4.69) is 39.5 Å². The molecule has 1 aromatic carbocycles. The van der Waals surface area contributed by atoms with Crippen molar-refractivity contribution in [1.29, 1.82) is 0 Å². The van der Waals surface area contributed by atoms with Crippen molar-refractivity contribution in [3.8, 4) is 0 Å². The molecule has 2 aromatic heterocycles. The van der Waals surface area contributed by atoms with Crippen LogP contribution < -0.4 is 5.32 Å². The second-order valence-electron chi connectivity index (χ2n) is 4.38. The molecule has 0 spiro atoms. The van der Waals surface area contributed by atoms with E-state index < -0.39 is 0 Å². The van der Waals surface area contributed by atoms with Crippen molar-refractivity contribution in [1.82, 2.24) is 15.1 Å². The first-order valence-corrected chi connectivity index (χ1v) is 6.21. The summed E-state index contributed by atoms with van der Waals surface area (Å²) >= 11 is 0. The van der Waals surface area contributed by atoms with Gasteiger partial charge in [0.2, 0.25) is 0 Å². The van der Waals surface area contributed by atoms with Gasteiger partial charge in [0.25, 0.3) is 5.71 Å². The van der Waals surface area contributed by atoms with Gasteiger partial charge in [0.05, 0.1) is 5.69 Å². The Morgan fingerprint density at radius 1 is 1.26 bits per heavy atom. The van der Waals surface area contributed by atoms with Crippen molar-refractivity contribution in [2.24, 2.45) is 0 Å². The van der Waals surface area contributed by atoms with Crippen LogP contribution in [-0.4, -0.2) is 15.1 Å². The standard InChI is InChI=1S/C14H14N4O/c1-3-11-12-13(15-8-16-14(12)19-18-11)17-10-6-4-5-9(2)7-10/h4-8H,3H2,1-2H3,(H,15,16,17). The van der Waals surface area contributed by atoms with E-state index in [1.165, 1.54) is 11.9 Å².